The number of aromatic nitrogens is 1. The average molecular weight is 639 g/mol. The van der Waals surface area contributed by atoms with Gasteiger partial charge in [-0.15, -0.1) is 0 Å². The molecule has 4 aromatic rings. The molecule has 1 aromatic heterocycles. The van der Waals surface area contributed by atoms with Crippen LogP contribution in [0.5, 0.6) is 0 Å². The number of amides is 3. The number of halogens is 2. The minimum absolute atomic E-state index is 0.238. The molecule has 1 saturated heterocycles. The van der Waals surface area contributed by atoms with Gasteiger partial charge in [0.25, 0.3) is 0 Å². The fourth-order valence-electron chi connectivity index (χ4n) is 5.23. The molecular weight excluding hydrogens is 617 g/mol. The Morgan fingerprint density at radius 1 is 1.00 bits per heavy atom. The smallest absolute Gasteiger partial charge is 0.308 e. The van der Waals surface area contributed by atoms with E-state index in [4.69, 9.17) is 0 Å². The van der Waals surface area contributed by atoms with Gasteiger partial charge in [-0.2, -0.15) is 0 Å². The minimum atomic E-state index is -0.825. The molecule has 0 radical (unpaired) electrons. The Bertz CT molecular complexity index is 1740. The number of carbonyl (C=O) groups is 3. The molecule has 7 nitrogen and oxygen atoms in total. The number of anilines is 2. The Kier molecular flexibility index (Phi) is 6.97. The van der Waals surface area contributed by atoms with Gasteiger partial charge in [-0.1, -0.05) is 63.3 Å². The van der Waals surface area contributed by atoms with E-state index >= 15 is 0 Å². The van der Waals surface area contributed by atoms with E-state index < -0.39 is 34.7 Å². The van der Waals surface area contributed by atoms with Gasteiger partial charge in [-0.3, -0.25) is 23.7 Å². The summed E-state index contributed by atoms with van der Waals surface area (Å²) in [5.41, 5.74) is 2.66. The summed E-state index contributed by atoms with van der Waals surface area (Å²) in [6.45, 7) is 1.68. The van der Waals surface area contributed by atoms with Crippen molar-refractivity contribution in [3.63, 3.8) is 0 Å². The lowest BCUT2D eigenvalue weighted by molar-refractivity contribution is -0.122. The first-order valence-corrected chi connectivity index (χ1v) is 14.9. The van der Waals surface area contributed by atoms with Gasteiger partial charge in [0.05, 0.1) is 16.6 Å². The standard InChI is InChI=1S/C29H21BrFN3O4S2/c1-15-4-2-7-19(12-15)32-21(35)14-33-28-25(40-29(33)38)22(16-5-3-6-17(30)13-16)23-24(39-28)27(37)34(26(23)36)20-10-8-18(31)9-11-20/h2-13,22-24H,14H2,1H3,(H,32,35). The van der Waals surface area contributed by atoms with E-state index in [1.54, 1.807) is 6.07 Å². The summed E-state index contributed by atoms with van der Waals surface area (Å²) in [5.74, 6) is -3.06. The van der Waals surface area contributed by atoms with E-state index in [9.17, 15) is 23.6 Å². The maximum Gasteiger partial charge on any atom is 0.308 e. The number of benzene rings is 3. The monoisotopic (exact) mass is 637 g/mol. The fraction of sp³-hybridized carbons (Fsp3) is 0.172. The Morgan fingerprint density at radius 2 is 1.75 bits per heavy atom. The molecule has 6 rings (SSSR count). The van der Waals surface area contributed by atoms with Crippen molar-refractivity contribution in [2.75, 3.05) is 10.2 Å². The number of thioether (sulfide) groups is 1. The number of fused-ring (bicyclic) bond motifs is 2. The van der Waals surface area contributed by atoms with Crippen LogP contribution in [-0.4, -0.2) is 27.5 Å². The molecule has 11 heteroatoms. The number of hydrogen-bond donors (Lipinski definition) is 1. The van der Waals surface area contributed by atoms with Gasteiger partial charge < -0.3 is 5.32 Å². The summed E-state index contributed by atoms with van der Waals surface area (Å²) >= 11 is 5.62. The number of imide groups is 1. The molecule has 2 aliphatic heterocycles. The molecule has 3 amide bonds. The number of thiazole rings is 1. The largest absolute Gasteiger partial charge is 0.325 e. The van der Waals surface area contributed by atoms with Crippen LogP contribution in [0.1, 0.15) is 21.9 Å². The number of hydrogen-bond acceptors (Lipinski definition) is 6. The minimum Gasteiger partial charge on any atom is -0.325 e. The molecule has 0 spiro atoms. The Balaban J connectivity index is 1.41. The van der Waals surface area contributed by atoms with E-state index in [2.05, 4.69) is 21.2 Å². The third kappa shape index (κ3) is 4.71. The zero-order valence-corrected chi connectivity index (χ0v) is 24.2. The lowest BCUT2D eigenvalue weighted by Gasteiger charge is -2.30. The highest BCUT2D eigenvalue weighted by molar-refractivity contribution is 9.10. The van der Waals surface area contributed by atoms with Crippen LogP contribution >= 0.6 is 39.0 Å². The summed E-state index contributed by atoms with van der Waals surface area (Å²) in [5, 5.41) is 2.51. The maximum atomic E-state index is 13.9. The van der Waals surface area contributed by atoms with Gasteiger partial charge in [0.1, 0.15) is 17.6 Å². The molecule has 40 heavy (non-hydrogen) atoms. The molecular formula is C29H21BrFN3O4S2. The van der Waals surface area contributed by atoms with E-state index in [1.165, 1.54) is 28.8 Å². The Hall–Kier alpha value is -3.54. The first-order chi connectivity index (χ1) is 19.2. The molecule has 3 atom stereocenters. The van der Waals surface area contributed by atoms with Crippen molar-refractivity contribution < 1.29 is 18.8 Å². The second kappa shape index (κ2) is 10.5. The number of nitrogens with one attached hydrogen (secondary N) is 1. The molecule has 1 fully saturated rings. The average Bonchev–Trinajstić information content (AvgIpc) is 3.35. The summed E-state index contributed by atoms with van der Waals surface area (Å²) < 4.78 is 15.8. The Labute approximate surface area is 245 Å². The SMILES string of the molecule is Cc1cccc(NC(=O)Cn2c3c(sc2=O)C(c2cccc(Br)c2)C2C(=O)N(c4ccc(F)cc4)C(=O)C2S3)c1. The van der Waals surface area contributed by atoms with Crippen LogP contribution in [0.25, 0.3) is 0 Å². The van der Waals surface area contributed by atoms with Crippen LogP contribution in [0.2, 0.25) is 0 Å². The van der Waals surface area contributed by atoms with E-state index in [1.807, 2.05) is 49.4 Å². The number of aryl methyl sites for hydroxylation is 1. The summed E-state index contributed by atoms with van der Waals surface area (Å²) in [6.07, 6.45) is 0. The fourth-order valence-corrected chi connectivity index (χ4v) is 8.42. The van der Waals surface area contributed by atoms with E-state index in [0.717, 1.165) is 43.6 Å². The van der Waals surface area contributed by atoms with Crippen molar-refractivity contribution in [1.82, 2.24) is 4.57 Å². The van der Waals surface area contributed by atoms with Crippen molar-refractivity contribution in [3.8, 4) is 0 Å². The summed E-state index contributed by atoms with van der Waals surface area (Å²) in [4.78, 5) is 55.2. The molecule has 3 unspecified atom stereocenters. The zero-order valence-electron chi connectivity index (χ0n) is 21.0. The first-order valence-electron chi connectivity index (χ1n) is 12.4. The van der Waals surface area contributed by atoms with Crippen LogP contribution in [0.3, 0.4) is 0 Å². The highest BCUT2D eigenvalue weighted by Crippen LogP contribution is 2.54. The van der Waals surface area contributed by atoms with Gasteiger partial charge in [0.15, 0.2) is 0 Å². The van der Waals surface area contributed by atoms with Crippen molar-refractivity contribution in [2.45, 2.75) is 29.7 Å². The summed E-state index contributed by atoms with van der Waals surface area (Å²) in [6, 6.07) is 20.0. The van der Waals surface area contributed by atoms with Gasteiger partial charge in [0.2, 0.25) is 17.7 Å². The molecule has 3 heterocycles. The topological polar surface area (TPSA) is 88.5 Å². The van der Waals surface area contributed by atoms with Crippen LogP contribution in [0, 0.1) is 18.7 Å². The maximum absolute atomic E-state index is 13.9. The van der Waals surface area contributed by atoms with Gasteiger partial charge in [-0.05, 0) is 66.6 Å². The third-order valence-corrected chi connectivity index (χ3v) is 10.0. The van der Waals surface area contributed by atoms with Crippen molar-refractivity contribution >= 4 is 68.1 Å². The Morgan fingerprint density at radius 3 is 2.48 bits per heavy atom. The normalized spacial score (nSPS) is 19.9. The van der Waals surface area contributed by atoms with Crippen LogP contribution in [0.4, 0.5) is 15.8 Å². The number of nitrogens with zero attached hydrogens (tertiary/aromatic N) is 2. The lowest BCUT2D eigenvalue weighted by Crippen LogP contribution is -2.33. The highest BCUT2D eigenvalue weighted by Gasteiger charge is 2.56. The first kappa shape index (κ1) is 26.7. The van der Waals surface area contributed by atoms with Crippen LogP contribution in [0.15, 0.2) is 87.1 Å². The van der Waals surface area contributed by atoms with E-state index in [0.29, 0.717) is 15.6 Å². The van der Waals surface area contributed by atoms with Crippen molar-refractivity contribution in [3.05, 3.63) is 109 Å². The predicted octanol–water partition coefficient (Wildman–Crippen LogP) is 5.55. The number of carbonyl (C=O) groups excluding carboxylic acids is 3. The molecule has 202 valence electrons. The lowest BCUT2D eigenvalue weighted by atomic mass is 9.83. The highest BCUT2D eigenvalue weighted by atomic mass is 79.9. The zero-order chi connectivity index (χ0) is 28.1. The quantitative estimate of drug-likeness (QED) is 0.290. The van der Waals surface area contributed by atoms with Crippen molar-refractivity contribution in [2.24, 2.45) is 5.92 Å². The molecule has 0 aliphatic carbocycles. The second-order valence-electron chi connectivity index (χ2n) is 9.63. The predicted molar refractivity (Wildman–Crippen MR) is 156 cm³/mol. The summed E-state index contributed by atoms with van der Waals surface area (Å²) in [7, 11) is 0. The van der Waals surface area contributed by atoms with Gasteiger partial charge in [0, 0.05) is 21.0 Å². The van der Waals surface area contributed by atoms with Gasteiger partial charge in [-0.25, -0.2) is 9.29 Å². The second-order valence-corrected chi connectivity index (χ2v) is 12.7. The van der Waals surface area contributed by atoms with Gasteiger partial charge >= 0.3 is 4.87 Å². The van der Waals surface area contributed by atoms with Crippen LogP contribution in [-0.2, 0) is 20.9 Å². The molecule has 3 aromatic carbocycles. The van der Waals surface area contributed by atoms with Crippen LogP contribution < -0.4 is 15.1 Å². The molecule has 2 aliphatic rings. The third-order valence-electron chi connectivity index (χ3n) is 6.95. The van der Waals surface area contributed by atoms with Crippen molar-refractivity contribution in [1.29, 1.82) is 0 Å². The number of rotatable bonds is 5. The molecule has 1 N–H and O–H groups in total. The van der Waals surface area contributed by atoms with E-state index in [-0.39, 0.29) is 23.0 Å². The molecule has 0 bridgehead atoms. The molecule has 0 saturated carbocycles.